The SMILES string of the molecule is CCCNC(C)(CCC(C)C)C(F)(F)F. The fourth-order valence-corrected chi connectivity index (χ4v) is 1.31. The minimum absolute atomic E-state index is 0.147. The van der Waals surface area contributed by atoms with Gasteiger partial charge >= 0.3 is 6.18 Å². The zero-order chi connectivity index (χ0) is 12.1. The Labute approximate surface area is 90.4 Å². The maximum atomic E-state index is 12.8. The second kappa shape index (κ2) is 5.73. The molecule has 15 heavy (non-hydrogen) atoms. The van der Waals surface area contributed by atoms with Gasteiger partial charge in [-0.05, 0) is 38.6 Å². The first-order valence-corrected chi connectivity index (χ1v) is 5.54. The fourth-order valence-electron chi connectivity index (χ4n) is 1.31. The second-order valence-electron chi connectivity index (χ2n) is 4.69. The molecule has 0 radical (unpaired) electrons. The molecule has 0 rings (SSSR count). The van der Waals surface area contributed by atoms with E-state index < -0.39 is 11.7 Å². The molecule has 0 aliphatic rings. The summed E-state index contributed by atoms with van der Waals surface area (Å²) in [5, 5.41) is 2.62. The zero-order valence-electron chi connectivity index (χ0n) is 10.0. The number of hydrogen-bond acceptors (Lipinski definition) is 1. The molecule has 0 saturated heterocycles. The predicted octanol–water partition coefficient (Wildman–Crippen LogP) is 3.74. The third-order valence-electron chi connectivity index (χ3n) is 2.61. The molecule has 0 aromatic heterocycles. The van der Waals surface area contributed by atoms with E-state index in [0.717, 1.165) is 0 Å². The molecule has 0 aromatic carbocycles. The molecule has 0 fully saturated rings. The van der Waals surface area contributed by atoms with Crippen LogP contribution in [0.25, 0.3) is 0 Å². The predicted molar refractivity (Wildman–Crippen MR) is 56.8 cm³/mol. The molecule has 0 aliphatic carbocycles. The summed E-state index contributed by atoms with van der Waals surface area (Å²) >= 11 is 0. The molecule has 1 unspecified atom stereocenters. The minimum atomic E-state index is -4.17. The van der Waals surface area contributed by atoms with Crippen molar-refractivity contribution in [2.45, 2.75) is 58.7 Å². The molecular weight excluding hydrogens is 203 g/mol. The summed E-state index contributed by atoms with van der Waals surface area (Å²) in [6.07, 6.45) is -2.72. The van der Waals surface area contributed by atoms with Crippen LogP contribution in [0.4, 0.5) is 13.2 Å². The lowest BCUT2D eigenvalue weighted by molar-refractivity contribution is -0.194. The van der Waals surface area contributed by atoms with E-state index in [0.29, 0.717) is 25.3 Å². The third kappa shape index (κ3) is 4.87. The van der Waals surface area contributed by atoms with E-state index in [2.05, 4.69) is 5.32 Å². The summed E-state index contributed by atoms with van der Waals surface area (Å²) in [5.41, 5.74) is -1.73. The average Bonchev–Trinajstić information content (AvgIpc) is 2.09. The van der Waals surface area contributed by atoms with Crippen LogP contribution in [0.3, 0.4) is 0 Å². The smallest absolute Gasteiger partial charge is 0.304 e. The van der Waals surface area contributed by atoms with Gasteiger partial charge in [0.1, 0.15) is 5.54 Å². The van der Waals surface area contributed by atoms with Gasteiger partial charge in [0, 0.05) is 0 Å². The van der Waals surface area contributed by atoms with Gasteiger partial charge in [-0.25, -0.2) is 0 Å². The molecule has 0 spiro atoms. The molecule has 1 atom stereocenters. The normalized spacial score (nSPS) is 16.8. The maximum Gasteiger partial charge on any atom is 0.406 e. The molecule has 0 amide bonds. The minimum Gasteiger partial charge on any atom is -0.304 e. The Hall–Kier alpha value is -0.250. The summed E-state index contributed by atoms with van der Waals surface area (Å²) in [6, 6.07) is 0. The lowest BCUT2D eigenvalue weighted by Gasteiger charge is -2.33. The van der Waals surface area contributed by atoms with Crippen LogP contribution in [0.5, 0.6) is 0 Å². The van der Waals surface area contributed by atoms with Crippen LogP contribution in [0, 0.1) is 5.92 Å². The van der Waals surface area contributed by atoms with Crippen LogP contribution >= 0.6 is 0 Å². The quantitative estimate of drug-likeness (QED) is 0.726. The van der Waals surface area contributed by atoms with Crippen LogP contribution in [0.1, 0.15) is 47.0 Å². The lowest BCUT2D eigenvalue weighted by Crippen LogP contribution is -2.54. The van der Waals surface area contributed by atoms with Gasteiger partial charge in [0.25, 0.3) is 0 Å². The van der Waals surface area contributed by atoms with Crippen LogP contribution in [-0.2, 0) is 0 Å². The van der Waals surface area contributed by atoms with Crippen molar-refractivity contribution in [3.8, 4) is 0 Å². The highest BCUT2D eigenvalue weighted by Gasteiger charge is 2.49. The van der Waals surface area contributed by atoms with Crippen LogP contribution < -0.4 is 5.32 Å². The second-order valence-corrected chi connectivity index (χ2v) is 4.69. The van der Waals surface area contributed by atoms with Gasteiger partial charge in [-0.15, -0.1) is 0 Å². The number of halogens is 3. The van der Waals surface area contributed by atoms with E-state index in [1.807, 2.05) is 20.8 Å². The molecule has 92 valence electrons. The van der Waals surface area contributed by atoms with Crippen molar-refractivity contribution in [3.05, 3.63) is 0 Å². The highest BCUT2D eigenvalue weighted by Crippen LogP contribution is 2.34. The Bertz CT molecular complexity index is 177. The van der Waals surface area contributed by atoms with Gasteiger partial charge in [0.2, 0.25) is 0 Å². The summed E-state index contributed by atoms with van der Waals surface area (Å²) < 4.78 is 38.4. The first-order valence-electron chi connectivity index (χ1n) is 5.54. The first-order chi connectivity index (χ1) is 6.73. The highest BCUT2D eigenvalue weighted by molar-refractivity contribution is 4.90. The van der Waals surface area contributed by atoms with Gasteiger partial charge < -0.3 is 5.32 Å². The molecule has 4 heteroatoms. The van der Waals surface area contributed by atoms with Gasteiger partial charge in [-0.3, -0.25) is 0 Å². The standard InChI is InChI=1S/C11H22F3N/c1-5-8-15-10(4,11(12,13)14)7-6-9(2)3/h9,15H,5-8H2,1-4H3. The average molecular weight is 225 g/mol. The third-order valence-corrected chi connectivity index (χ3v) is 2.61. The lowest BCUT2D eigenvalue weighted by atomic mass is 9.91. The van der Waals surface area contributed by atoms with Crippen molar-refractivity contribution in [1.29, 1.82) is 0 Å². The Kier molecular flexibility index (Phi) is 5.63. The summed E-state index contributed by atoms with van der Waals surface area (Å²) in [4.78, 5) is 0. The molecule has 1 nitrogen and oxygen atoms in total. The number of rotatable bonds is 6. The van der Waals surface area contributed by atoms with E-state index in [1.54, 1.807) is 0 Å². The zero-order valence-corrected chi connectivity index (χ0v) is 10.0. The number of hydrogen-bond donors (Lipinski definition) is 1. The highest BCUT2D eigenvalue weighted by atomic mass is 19.4. The van der Waals surface area contributed by atoms with Gasteiger partial charge in [-0.2, -0.15) is 13.2 Å². The van der Waals surface area contributed by atoms with Crippen molar-refractivity contribution < 1.29 is 13.2 Å². The largest absolute Gasteiger partial charge is 0.406 e. The summed E-state index contributed by atoms with van der Waals surface area (Å²) in [5.74, 6) is 0.301. The van der Waals surface area contributed by atoms with Gasteiger partial charge in [0.05, 0.1) is 0 Å². The molecular formula is C11H22F3N. The van der Waals surface area contributed by atoms with Crippen molar-refractivity contribution in [1.82, 2.24) is 5.32 Å². The molecule has 0 saturated carbocycles. The topological polar surface area (TPSA) is 12.0 Å². The van der Waals surface area contributed by atoms with Crippen molar-refractivity contribution in [3.63, 3.8) is 0 Å². The van der Waals surface area contributed by atoms with E-state index in [4.69, 9.17) is 0 Å². The molecule has 0 heterocycles. The Morgan fingerprint density at radius 2 is 1.73 bits per heavy atom. The molecule has 0 bridgehead atoms. The van der Waals surface area contributed by atoms with Crippen molar-refractivity contribution in [2.75, 3.05) is 6.54 Å². The molecule has 0 aromatic rings. The van der Waals surface area contributed by atoms with Crippen LogP contribution in [-0.4, -0.2) is 18.3 Å². The van der Waals surface area contributed by atoms with Gasteiger partial charge in [0.15, 0.2) is 0 Å². The summed E-state index contributed by atoms with van der Waals surface area (Å²) in [6.45, 7) is 7.42. The van der Waals surface area contributed by atoms with Crippen molar-refractivity contribution in [2.24, 2.45) is 5.92 Å². The molecule has 1 N–H and O–H groups in total. The van der Waals surface area contributed by atoms with E-state index in [9.17, 15) is 13.2 Å². The van der Waals surface area contributed by atoms with Crippen LogP contribution in [0.2, 0.25) is 0 Å². The van der Waals surface area contributed by atoms with Crippen LogP contribution in [0.15, 0.2) is 0 Å². The monoisotopic (exact) mass is 225 g/mol. The van der Waals surface area contributed by atoms with E-state index >= 15 is 0 Å². The number of nitrogens with one attached hydrogen (secondary N) is 1. The Morgan fingerprint density at radius 3 is 2.07 bits per heavy atom. The molecule has 0 aliphatic heterocycles. The first kappa shape index (κ1) is 14.8. The maximum absolute atomic E-state index is 12.8. The summed E-state index contributed by atoms with van der Waals surface area (Å²) in [7, 11) is 0. The van der Waals surface area contributed by atoms with E-state index in [1.165, 1.54) is 6.92 Å². The Balaban J connectivity index is 4.41. The van der Waals surface area contributed by atoms with Gasteiger partial charge in [-0.1, -0.05) is 20.8 Å². The Morgan fingerprint density at radius 1 is 1.20 bits per heavy atom. The van der Waals surface area contributed by atoms with Crippen molar-refractivity contribution >= 4 is 0 Å². The number of alkyl halides is 3. The van der Waals surface area contributed by atoms with E-state index in [-0.39, 0.29) is 6.42 Å². The fraction of sp³-hybridized carbons (Fsp3) is 1.00.